The van der Waals surface area contributed by atoms with Gasteiger partial charge in [-0.2, -0.15) is 11.8 Å². The zero-order valence-corrected chi connectivity index (χ0v) is 11.4. The van der Waals surface area contributed by atoms with Gasteiger partial charge in [-0.1, -0.05) is 20.3 Å². The smallest absolute Gasteiger partial charge is 0.0221 e. The first-order valence-electron chi connectivity index (χ1n) is 6.15. The second-order valence-electron chi connectivity index (χ2n) is 4.75. The van der Waals surface area contributed by atoms with Gasteiger partial charge in [-0.15, -0.1) is 0 Å². The first-order chi connectivity index (χ1) is 7.19. The van der Waals surface area contributed by atoms with Crippen LogP contribution in [0.3, 0.4) is 0 Å². The average molecular weight is 230 g/mol. The van der Waals surface area contributed by atoms with Crippen LogP contribution in [0.1, 0.15) is 27.2 Å². The van der Waals surface area contributed by atoms with E-state index in [0.717, 1.165) is 18.5 Å². The quantitative estimate of drug-likeness (QED) is 0.778. The van der Waals surface area contributed by atoms with Crippen molar-refractivity contribution in [3.05, 3.63) is 0 Å². The van der Waals surface area contributed by atoms with Crippen LogP contribution < -0.4 is 5.32 Å². The van der Waals surface area contributed by atoms with Crippen molar-refractivity contribution in [2.75, 3.05) is 31.6 Å². The van der Waals surface area contributed by atoms with E-state index in [1.54, 1.807) is 0 Å². The highest BCUT2D eigenvalue weighted by molar-refractivity contribution is 7.98. The molecule has 1 aliphatic heterocycles. The van der Waals surface area contributed by atoms with Gasteiger partial charge < -0.3 is 5.32 Å². The number of piperazine rings is 1. The lowest BCUT2D eigenvalue weighted by molar-refractivity contribution is 0.140. The van der Waals surface area contributed by atoms with Gasteiger partial charge in [-0.25, -0.2) is 0 Å². The van der Waals surface area contributed by atoms with E-state index in [-0.39, 0.29) is 0 Å². The van der Waals surface area contributed by atoms with Gasteiger partial charge in [0.15, 0.2) is 0 Å². The van der Waals surface area contributed by atoms with Gasteiger partial charge >= 0.3 is 0 Å². The molecule has 1 heterocycles. The molecule has 3 unspecified atom stereocenters. The van der Waals surface area contributed by atoms with Crippen molar-refractivity contribution in [3.8, 4) is 0 Å². The van der Waals surface area contributed by atoms with E-state index in [4.69, 9.17) is 0 Å². The van der Waals surface area contributed by atoms with Gasteiger partial charge in [-0.05, 0) is 19.1 Å². The van der Waals surface area contributed by atoms with E-state index < -0.39 is 0 Å². The SMILES string of the molecule is CCC(C)C1CN(C(C)CSC)CCN1. The summed E-state index contributed by atoms with van der Waals surface area (Å²) >= 11 is 1.96. The number of nitrogens with one attached hydrogen (secondary N) is 1. The third-order valence-electron chi connectivity index (χ3n) is 3.60. The minimum atomic E-state index is 0.702. The van der Waals surface area contributed by atoms with Crippen molar-refractivity contribution < 1.29 is 0 Å². The molecule has 1 N–H and O–H groups in total. The molecule has 0 spiro atoms. The summed E-state index contributed by atoms with van der Waals surface area (Å²) < 4.78 is 0. The Morgan fingerprint density at radius 1 is 1.47 bits per heavy atom. The molecular formula is C12H26N2S. The molecular weight excluding hydrogens is 204 g/mol. The predicted octanol–water partition coefficient (Wildman–Crippen LogP) is 2.06. The molecule has 0 amide bonds. The third-order valence-corrected chi connectivity index (χ3v) is 4.41. The number of hydrogen-bond acceptors (Lipinski definition) is 3. The summed E-state index contributed by atoms with van der Waals surface area (Å²) in [5, 5.41) is 3.65. The topological polar surface area (TPSA) is 15.3 Å². The molecule has 1 aliphatic rings. The Morgan fingerprint density at radius 3 is 2.80 bits per heavy atom. The standard InChI is InChI=1S/C12H26N2S/c1-5-10(2)12-8-14(7-6-13-12)11(3)9-15-4/h10-13H,5-9H2,1-4H3. The maximum Gasteiger partial charge on any atom is 0.0221 e. The van der Waals surface area contributed by atoms with E-state index in [9.17, 15) is 0 Å². The van der Waals surface area contributed by atoms with Crippen molar-refractivity contribution >= 4 is 11.8 Å². The average Bonchev–Trinajstić information content (AvgIpc) is 2.28. The molecule has 1 fully saturated rings. The van der Waals surface area contributed by atoms with Crippen LogP contribution in [0.4, 0.5) is 0 Å². The number of thioether (sulfide) groups is 1. The summed E-state index contributed by atoms with van der Waals surface area (Å²) in [7, 11) is 0. The molecule has 0 aliphatic carbocycles. The van der Waals surface area contributed by atoms with Crippen LogP contribution >= 0.6 is 11.8 Å². The second-order valence-corrected chi connectivity index (χ2v) is 5.66. The van der Waals surface area contributed by atoms with Crippen LogP contribution in [-0.4, -0.2) is 48.6 Å². The first kappa shape index (κ1) is 13.3. The van der Waals surface area contributed by atoms with E-state index in [1.165, 1.54) is 25.3 Å². The van der Waals surface area contributed by atoms with Crippen molar-refractivity contribution in [2.45, 2.75) is 39.3 Å². The molecule has 2 nitrogen and oxygen atoms in total. The Morgan fingerprint density at radius 2 is 2.20 bits per heavy atom. The molecule has 0 aromatic heterocycles. The summed E-state index contributed by atoms with van der Waals surface area (Å²) in [6, 6.07) is 1.43. The van der Waals surface area contributed by atoms with Crippen LogP contribution in [-0.2, 0) is 0 Å². The lowest BCUT2D eigenvalue weighted by atomic mass is 9.97. The summed E-state index contributed by atoms with van der Waals surface area (Å²) in [5.74, 6) is 2.06. The maximum absolute atomic E-state index is 3.65. The first-order valence-corrected chi connectivity index (χ1v) is 7.54. The van der Waals surface area contributed by atoms with E-state index in [1.807, 2.05) is 11.8 Å². The number of rotatable bonds is 5. The molecule has 0 aromatic rings. The minimum absolute atomic E-state index is 0.702. The fourth-order valence-corrected chi connectivity index (χ4v) is 2.91. The predicted molar refractivity (Wildman–Crippen MR) is 70.7 cm³/mol. The summed E-state index contributed by atoms with van der Waals surface area (Å²) in [6.45, 7) is 10.6. The maximum atomic E-state index is 3.65. The Balaban J connectivity index is 2.41. The molecule has 15 heavy (non-hydrogen) atoms. The largest absolute Gasteiger partial charge is 0.311 e. The van der Waals surface area contributed by atoms with Crippen LogP contribution in [0.5, 0.6) is 0 Å². The monoisotopic (exact) mass is 230 g/mol. The molecule has 0 radical (unpaired) electrons. The van der Waals surface area contributed by atoms with Gasteiger partial charge in [0.25, 0.3) is 0 Å². The van der Waals surface area contributed by atoms with Crippen LogP contribution in [0.2, 0.25) is 0 Å². The third kappa shape index (κ3) is 3.97. The van der Waals surface area contributed by atoms with Gasteiger partial charge in [-0.3, -0.25) is 4.90 Å². The summed E-state index contributed by atoms with van der Waals surface area (Å²) in [4.78, 5) is 2.64. The van der Waals surface area contributed by atoms with Crippen LogP contribution in [0.25, 0.3) is 0 Å². The Hall–Kier alpha value is 0.270. The van der Waals surface area contributed by atoms with Crippen molar-refractivity contribution in [2.24, 2.45) is 5.92 Å². The van der Waals surface area contributed by atoms with Crippen LogP contribution in [0.15, 0.2) is 0 Å². The Labute approximate surface area is 99.2 Å². The van der Waals surface area contributed by atoms with Gasteiger partial charge in [0.05, 0.1) is 0 Å². The minimum Gasteiger partial charge on any atom is -0.311 e. The number of hydrogen-bond donors (Lipinski definition) is 1. The zero-order chi connectivity index (χ0) is 11.3. The normalized spacial score (nSPS) is 27.6. The highest BCUT2D eigenvalue weighted by Gasteiger charge is 2.25. The fourth-order valence-electron chi connectivity index (χ4n) is 2.21. The molecule has 1 saturated heterocycles. The van der Waals surface area contributed by atoms with Crippen molar-refractivity contribution in [1.29, 1.82) is 0 Å². The highest BCUT2D eigenvalue weighted by Crippen LogP contribution is 2.15. The molecule has 0 saturated carbocycles. The van der Waals surface area contributed by atoms with Crippen molar-refractivity contribution in [1.82, 2.24) is 10.2 Å². The Bertz CT molecular complexity index is 175. The van der Waals surface area contributed by atoms with Gasteiger partial charge in [0.2, 0.25) is 0 Å². The molecule has 3 heteroatoms. The van der Waals surface area contributed by atoms with Crippen molar-refractivity contribution in [3.63, 3.8) is 0 Å². The van der Waals surface area contributed by atoms with Crippen LogP contribution in [0, 0.1) is 5.92 Å². The zero-order valence-electron chi connectivity index (χ0n) is 10.6. The summed E-state index contributed by atoms with van der Waals surface area (Å²) in [5.41, 5.74) is 0. The van der Waals surface area contributed by atoms with Gasteiger partial charge in [0.1, 0.15) is 0 Å². The molecule has 0 aromatic carbocycles. The van der Waals surface area contributed by atoms with E-state index in [2.05, 4.69) is 37.2 Å². The highest BCUT2D eigenvalue weighted by atomic mass is 32.2. The van der Waals surface area contributed by atoms with E-state index in [0.29, 0.717) is 6.04 Å². The van der Waals surface area contributed by atoms with E-state index >= 15 is 0 Å². The molecule has 0 bridgehead atoms. The Kier molecular flexibility index (Phi) is 6.02. The molecule has 90 valence electrons. The second kappa shape index (κ2) is 6.77. The number of nitrogens with zero attached hydrogens (tertiary/aromatic N) is 1. The van der Waals surface area contributed by atoms with Gasteiger partial charge in [0, 0.05) is 37.5 Å². The summed E-state index contributed by atoms with van der Waals surface area (Å²) in [6.07, 6.45) is 3.48. The fraction of sp³-hybridized carbons (Fsp3) is 1.00. The lowest BCUT2D eigenvalue weighted by Gasteiger charge is -2.39. The molecule has 1 rings (SSSR count). The lowest BCUT2D eigenvalue weighted by Crippen LogP contribution is -2.55. The molecule has 3 atom stereocenters.